The van der Waals surface area contributed by atoms with Crippen molar-refractivity contribution in [1.82, 2.24) is 5.32 Å². The first-order valence-electron chi connectivity index (χ1n) is 13.2. The van der Waals surface area contributed by atoms with Gasteiger partial charge in [-0.05, 0) is 36.5 Å². The molecule has 0 aromatic heterocycles. The van der Waals surface area contributed by atoms with E-state index >= 15 is 0 Å². The number of unbranched alkanes of at least 4 members (excludes halogenated alkanes) is 13. The zero-order chi connectivity index (χ0) is 22.6. The van der Waals surface area contributed by atoms with Crippen molar-refractivity contribution in [3.63, 3.8) is 0 Å². The van der Waals surface area contributed by atoms with Gasteiger partial charge in [-0.1, -0.05) is 116 Å². The predicted octanol–water partition coefficient (Wildman–Crippen LogP) is 8.18. The van der Waals surface area contributed by atoms with E-state index in [1.54, 1.807) is 0 Å². The number of hydrogen-bond acceptors (Lipinski definition) is 2. The average molecular weight is 432 g/mol. The van der Waals surface area contributed by atoms with Crippen LogP contribution in [0.5, 0.6) is 5.75 Å². The van der Waals surface area contributed by atoms with E-state index in [1.165, 1.54) is 89.0 Å². The van der Waals surface area contributed by atoms with Crippen molar-refractivity contribution < 1.29 is 9.53 Å². The summed E-state index contributed by atoms with van der Waals surface area (Å²) < 4.78 is 5.60. The number of carbonyl (C=O) groups is 1. The Morgan fingerprint density at radius 2 is 1.26 bits per heavy atom. The molecular formula is C28H49NO2. The summed E-state index contributed by atoms with van der Waals surface area (Å²) >= 11 is 0. The largest absolute Gasteiger partial charge is 0.484 e. The Kier molecular flexibility index (Phi) is 17.0. The van der Waals surface area contributed by atoms with Gasteiger partial charge in [0, 0.05) is 6.54 Å². The summed E-state index contributed by atoms with van der Waals surface area (Å²) in [5.41, 5.74) is 1.32. The SMILES string of the molecule is CCCCCCCCCCCCCCCCNC(=O)COc1ccc(C(C)CC)cc1. The molecule has 3 heteroatoms. The lowest BCUT2D eigenvalue weighted by molar-refractivity contribution is -0.123. The van der Waals surface area contributed by atoms with Crippen LogP contribution in [0.25, 0.3) is 0 Å². The maximum absolute atomic E-state index is 11.9. The van der Waals surface area contributed by atoms with Crippen LogP contribution in [0.15, 0.2) is 24.3 Å². The Hall–Kier alpha value is -1.51. The molecule has 1 rings (SSSR count). The van der Waals surface area contributed by atoms with Gasteiger partial charge in [-0.2, -0.15) is 0 Å². The van der Waals surface area contributed by atoms with E-state index in [0.29, 0.717) is 5.92 Å². The van der Waals surface area contributed by atoms with Gasteiger partial charge in [0.1, 0.15) is 5.75 Å². The van der Waals surface area contributed by atoms with Crippen LogP contribution < -0.4 is 10.1 Å². The summed E-state index contributed by atoms with van der Waals surface area (Å²) in [7, 11) is 0. The van der Waals surface area contributed by atoms with E-state index in [9.17, 15) is 4.79 Å². The number of nitrogens with one attached hydrogen (secondary N) is 1. The number of benzene rings is 1. The molecule has 0 saturated heterocycles. The van der Waals surface area contributed by atoms with Gasteiger partial charge >= 0.3 is 0 Å². The van der Waals surface area contributed by atoms with Crippen LogP contribution in [0.2, 0.25) is 0 Å². The highest BCUT2D eigenvalue weighted by atomic mass is 16.5. The molecule has 1 atom stereocenters. The molecule has 0 spiro atoms. The first-order valence-corrected chi connectivity index (χ1v) is 13.2. The second-order valence-electron chi connectivity index (χ2n) is 9.11. The fourth-order valence-corrected chi connectivity index (χ4v) is 3.88. The minimum absolute atomic E-state index is 0.0271. The Bertz CT molecular complexity index is 540. The number of amides is 1. The number of hydrogen-bond donors (Lipinski definition) is 1. The van der Waals surface area contributed by atoms with E-state index in [0.717, 1.165) is 25.1 Å². The summed E-state index contributed by atoms with van der Waals surface area (Å²) in [5, 5.41) is 2.97. The van der Waals surface area contributed by atoms with Crippen molar-refractivity contribution in [2.24, 2.45) is 0 Å². The van der Waals surface area contributed by atoms with Crippen molar-refractivity contribution in [3.8, 4) is 5.75 Å². The summed E-state index contributed by atoms with van der Waals surface area (Å²) in [6.07, 6.45) is 20.1. The van der Waals surface area contributed by atoms with Crippen molar-refractivity contribution in [1.29, 1.82) is 0 Å². The molecule has 0 saturated carbocycles. The molecule has 1 unspecified atom stereocenters. The van der Waals surface area contributed by atoms with Crippen LogP contribution in [0, 0.1) is 0 Å². The van der Waals surface area contributed by atoms with Crippen molar-refractivity contribution in [2.45, 2.75) is 123 Å². The van der Waals surface area contributed by atoms with Crippen molar-refractivity contribution in [2.75, 3.05) is 13.2 Å². The first-order chi connectivity index (χ1) is 15.2. The third-order valence-corrected chi connectivity index (χ3v) is 6.28. The molecule has 0 aliphatic rings. The Morgan fingerprint density at radius 1 is 0.774 bits per heavy atom. The Labute approximate surface area is 192 Å². The highest BCUT2D eigenvalue weighted by Gasteiger charge is 2.05. The minimum atomic E-state index is -0.0271. The normalized spacial score (nSPS) is 12.0. The molecule has 0 aliphatic carbocycles. The van der Waals surface area contributed by atoms with E-state index in [2.05, 4.69) is 38.2 Å². The minimum Gasteiger partial charge on any atom is -0.484 e. The highest BCUT2D eigenvalue weighted by molar-refractivity contribution is 5.77. The van der Waals surface area contributed by atoms with Gasteiger partial charge in [0.05, 0.1) is 0 Å². The fraction of sp³-hybridized carbons (Fsp3) is 0.750. The van der Waals surface area contributed by atoms with Gasteiger partial charge in [0.15, 0.2) is 6.61 Å². The Balaban J connectivity index is 1.88. The molecule has 0 aliphatic heterocycles. The van der Waals surface area contributed by atoms with E-state index < -0.39 is 0 Å². The summed E-state index contributed by atoms with van der Waals surface area (Å²) in [6.45, 7) is 7.55. The molecule has 31 heavy (non-hydrogen) atoms. The van der Waals surface area contributed by atoms with Crippen LogP contribution in [-0.2, 0) is 4.79 Å². The molecule has 0 radical (unpaired) electrons. The molecule has 0 bridgehead atoms. The topological polar surface area (TPSA) is 38.3 Å². The zero-order valence-electron chi connectivity index (χ0n) is 20.7. The molecular weight excluding hydrogens is 382 g/mol. The molecule has 1 amide bonds. The van der Waals surface area contributed by atoms with Crippen LogP contribution in [0.3, 0.4) is 0 Å². The molecule has 1 aromatic rings. The molecule has 0 heterocycles. The Morgan fingerprint density at radius 3 is 1.74 bits per heavy atom. The quantitative estimate of drug-likeness (QED) is 0.211. The van der Waals surface area contributed by atoms with E-state index in [-0.39, 0.29) is 12.5 Å². The van der Waals surface area contributed by atoms with Gasteiger partial charge < -0.3 is 10.1 Å². The summed E-state index contributed by atoms with van der Waals surface area (Å²) in [4.78, 5) is 11.9. The third-order valence-electron chi connectivity index (χ3n) is 6.28. The van der Waals surface area contributed by atoms with Gasteiger partial charge in [0.2, 0.25) is 0 Å². The standard InChI is InChI=1S/C28H49NO2/c1-4-6-7-8-9-10-11-12-13-14-15-16-17-18-23-29-28(30)24-31-27-21-19-26(20-22-27)25(3)5-2/h19-22,25H,4-18,23-24H2,1-3H3,(H,29,30). The average Bonchev–Trinajstić information content (AvgIpc) is 2.80. The third kappa shape index (κ3) is 15.0. The molecule has 1 aromatic carbocycles. The summed E-state index contributed by atoms with van der Waals surface area (Å²) in [6, 6.07) is 8.11. The van der Waals surface area contributed by atoms with Crippen LogP contribution in [0.1, 0.15) is 129 Å². The number of rotatable bonds is 20. The van der Waals surface area contributed by atoms with E-state index in [4.69, 9.17) is 4.74 Å². The summed E-state index contributed by atoms with van der Waals surface area (Å²) in [5.74, 6) is 1.29. The number of ether oxygens (including phenoxy) is 1. The van der Waals surface area contributed by atoms with E-state index in [1.807, 2.05) is 12.1 Å². The van der Waals surface area contributed by atoms with Crippen molar-refractivity contribution in [3.05, 3.63) is 29.8 Å². The smallest absolute Gasteiger partial charge is 0.257 e. The lowest BCUT2D eigenvalue weighted by Crippen LogP contribution is -2.29. The highest BCUT2D eigenvalue weighted by Crippen LogP contribution is 2.21. The fourth-order valence-electron chi connectivity index (χ4n) is 3.88. The predicted molar refractivity (Wildman–Crippen MR) is 134 cm³/mol. The molecule has 3 nitrogen and oxygen atoms in total. The molecule has 1 N–H and O–H groups in total. The lowest BCUT2D eigenvalue weighted by Gasteiger charge is -2.11. The zero-order valence-corrected chi connectivity index (χ0v) is 20.7. The molecule has 178 valence electrons. The lowest BCUT2D eigenvalue weighted by atomic mass is 9.99. The van der Waals surface area contributed by atoms with Gasteiger partial charge in [-0.25, -0.2) is 0 Å². The van der Waals surface area contributed by atoms with Gasteiger partial charge in [-0.3, -0.25) is 4.79 Å². The van der Waals surface area contributed by atoms with Crippen molar-refractivity contribution >= 4 is 5.91 Å². The van der Waals surface area contributed by atoms with Crippen LogP contribution >= 0.6 is 0 Å². The maximum atomic E-state index is 11.9. The first kappa shape index (κ1) is 27.5. The van der Waals surface area contributed by atoms with Crippen LogP contribution in [0.4, 0.5) is 0 Å². The second kappa shape index (κ2) is 19.2. The van der Waals surface area contributed by atoms with Crippen LogP contribution in [-0.4, -0.2) is 19.1 Å². The monoisotopic (exact) mass is 431 g/mol. The van der Waals surface area contributed by atoms with Gasteiger partial charge in [-0.15, -0.1) is 0 Å². The van der Waals surface area contributed by atoms with Gasteiger partial charge in [0.25, 0.3) is 5.91 Å². The second-order valence-corrected chi connectivity index (χ2v) is 9.11. The number of carbonyl (C=O) groups excluding carboxylic acids is 1. The molecule has 0 fully saturated rings. The maximum Gasteiger partial charge on any atom is 0.257 e.